The Hall–Kier alpha value is -0.0300. The number of nitrogens with zero attached hydrogens (tertiary/aromatic N) is 1. The van der Waals surface area contributed by atoms with E-state index in [0.29, 0.717) is 0 Å². The van der Waals surface area contributed by atoms with Crippen LogP contribution in [-0.4, -0.2) is 4.98 Å². The Morgan fingerprint density at radius 1 is 1.20 bits per heavy atom. The van der Waals surface area contributed by atoms with Crippen molar-refractivity contribution in [3.8, 4) is 0 Å². The maximum absolute atomic E-state index is 12.2. The highest BCUT2D eigenvalue weighted by Crippen LogP contribution is 2.16. The van der Waals surface area contributed by atoms with Crippen molar-refractivity contribution in [1.29, 1.82) is 0 Å². The zero-order valence-corrected chi connectivity index (χ0v) is 7.94. The number of aromatic nitrogens is 1. The normalized spacial score (nSPS) is 8.70. The molecule has 0 amide bonds. The van der Waals surface area contributed by atoms with E-state index in [4.69, 9.17) is 0 Å². The summed E-state index contributed by atoms with van der Waals surface area (Å²) < 4.78 is 24.3. The lowest BCUT2D eigenvalue weighted by atomic mass is 10.5. The predicted molar refractivity (Wildman–Crippen MR) is 42.2 cm³/mol. The van der Waals surface area contributed by atoms with Crippen LogP contribution in [0.5, 0.6) is 0 Å². The summed E-state index contributed by atoms with van der Waals surface area (Å²) in [5.74, 6) is -1.37. The molecule has 0 aliphatic rings. The number of pyridine rings is 1. The van der Waals surface area contributed by atoms with E-state index in [2.05, 4.69) is 20.9 Å². The molecule has 0 radical (unpaired) electrons. The van der Waals surface area contributed by atoms with Crippen LogP contribution in [0.4, 0.5) is 8.78 Å². The monoisotopic (exact) mass is 273 g/mol. The lowest BCUT2D eigenvalue weighted by molar-refractivity contribution is 0.561. The summed E-state index contributed by atoms with van der Waals surface area (Å²) in [6, 6.07) is 0. The summed E-state index contributed by atoms with van der Waals surface area (Å²) in [6.45, 7) is 0. The third kappa shape index (κ3) is 1.98. The summed E-state index contributed by atoms with van der Waals surface area (Å²) in [4.78, 5) is 3.26. The van der Waals surface area contributed by atoms with Gasteiger partial charge in [0.05, 0.1) is 16.9 Å². The Balaban J connectivity index is 0.000000810. The van der Waals surface area contributed by atoms with E-state index in [-0.39, 0.29) is 21.5 Å². The molecule has 5 heteroatoms. The Kier molecular flexibility index (Phi) is 3.96. The zero-order chi connectivity index (χ0) is 6.85. The summed E-state index contributed by atoms with van der Waals surface area (Å²) in [5, 5.41) is 0. The topological polar surface area (TPSA) is 12.9 Å². The van der Waals surface area contributed by atoms with Crippen LogP contribution in [0.3, 0.4) is 0 Å². The van der Waals surface area contributed by atoms with Gasteiger partial charge in [-0.25, -0.2) is 8.78 Å². The molecule has 0 atom stereocenters. The molecule has 10 heavy (non-hydrogen) atoms. The number of rotatable bonds is 0. The number of hydrogen-bond donors (Lipinski definition) is 0. The van der Waals surface area contributed by atoms with Crippen LogP contribution in [0, 0.1) is 11.6 Å². The summed E-state index contributed by atoms with van der Waals surface area (Å²) >= 11 is 2.69. The highest BCUT2D eigenvalue weighted by Gasteiger charge is 2.02. The second-order valence-corrected chi connectivity index (χ2v) is 2.21. The lowest BCUT2D eigenvalue weighted by Crippen LogP contribution is -1.84. The molecule has 1 aromatic heterocycles. The summed E-state index contributed by atoms with van der Waals surface area (Å²) in [6.07, 6.45) is 1.88. The minimum atomic E-state index is -0.685. The molecular formula is C5H3Br2F2N. The zero-order valence-electron chi connectivity index (χ0n) is 4.64. The smallest absolute Gasteiger partial charge is 0.158 e. The maximum atomic E-state index is 12.2. The average Bonchev–Trinajstić information content (AvgIpc) is 1.83. The van der Waals surface area contributed by atoms with Crippen LogP contribution in [-0.2, 0) is 0 Å². The minimum Gasteiger partial charge on any atom is -0.259 e. The van der Waals surface area contributed by atoms with E-state index in [1.165, 1.54) is 0 Å². The summed E-state index contributed by atoms with van der Waals surface area (Å²) in [5.41, 5.74) is 0. The molecule has 0 aromatic carbocycles. The molecule has 1 heterocycles. The molecule has 0 N–H and O–H groups in total. The van der Waals surface area contributed by atoms with Gasteiger partial charge in [-0.1, -0.05) is 0 Å². The van der Waals surface area contributed by atoms with Gasteiger partial charge in [-0.15, -0.1) is 17.0 Å². The van der Waals surface area contributed by atoms with E-state index in [9.17, 15) is 8.78 Å². The van der Waals surface area contributed by atoms with Crippen LogP contribution in [0.1, 0.15) is 0 Å². The van der Waals surface area contributed by atoms with Gasteiger partial charge in [-0.05, 0) is 15.9 Å². The molecule has 0 bridgehead atoms. The molecule has 0 spiro atoms. The van der Waals surface area contributed by atoms with Gasteiger partial charge in [0.1, 0.15) is 0 Å². The largest absolute Gasteiger partial charge is 0.259 e. The fourth-order valence-corrected chi connectivity index (χ4v) is 0.600. The quantitative estimate of drug-likeness (QED) is 0.709. The van der Waals surface area contributed by atoms with Crippen LogP contribution < -0.4 is 0 Å². The third-order valence-corrected chi connectivity index (χ3v) is 1.55. The van der Waals surface area contributed by atoms with E-state index in [1.807, 2.05) is 0 Å². The van der Waals surface area contributed by atoms with Crippen molar-refractivity contribution >= 4 is 32.9 Å². The first kappa shape index (κ1) is 9.97. The highest BCUT2D eigenvalue weighted by atomic mass is 79.9. The molecule has 0 aliphatic carbocycles. The maximum Gasteiger partial charge on any atom is 0.158 e. The minimum absolute atomic E-state index is 0. The first-order chi connectivity index (χ1) is 4.22. The van der Waals surface area contributed by atoms with Crippen molar-refractivity contribution in [1.82, 2.24) is 4.98 Å². The van der Waals surface area contributed by atoms with Crippen molar-refractivity contribution in [2.75, 3.05) is 0 Å². The molecule has 1 aromatic rings. The fraction of sp³-hybridized carbons (Fsp3) is 0. The fourth-order valence-electron chi connectivity index (χ4n) is 0.396. The number of halogens is 4. The van der Waals surface area contributed by atoms with Gasteiger partial charge >= 0.3 is 0 Å². The van der Waals surface area contributed by atoms with Gasteiger partial charge in [0, 0.05) is 0 Å². The highest BCUT2D eigenvalue weighted by molar-refractivity contribution is 9.10. The molecule has 0 fully saturated rings. The van der Waals surface area contributed by atoms with E-state index in [1.54, 1.807) is 0 Å². The van der Waals surface area contributed by atoms with Gasteiger partial charge in [0.15, 0.2) is 11.6 Å². The molecule has 0 saturated heterocycles. The second-order valence-electron chi connectivity index (χ2n) is 1.42. The molecule has 0 saturated carbocycles. The molecule has 0 aliphatic heterocycles. The van der Waals surface area contributed by atoms with Crippen molar-refractivity contribution in [3.63, 3.8) is 0 Å². The van der Waals surface area contributed by atoms with Gasteiger partial charge in [-0.3, -0.25) is 4.98 Å². The molecular weight excluding hydrogens is 272 g/mol. The molecule has 1 nitrogen and oxygen atoms in total. The van der Waals surface area contributed by atoms with Crippen LogP contribution in [0.25, 0.3) is 0 Å². The SMILES string of the molecule is Br.Fc1cncc(F)c1Br. The summed E-state index contributed by atoms with van der Waals surface area (Å²) in [7, 11) is 0. The van der Waals surface area contributed by atoms with Gasteiger partial charge in [-0.2, -0.15) is 0 Å². The average molecular weight is 275 g/mol. The first-order valence-corrected chi connectivity index (χ1v) is 2.95. The van der Waals surface area contributed by atoms with Crippen LogP contribution in [0.15, 0.2) is 16.9 Å². The second kappa shape index (κ2) is 3.98. The van der Waals surface area contributed by atoms with Crippen molar-refractivity contribution in [2.45, 2.75) is 0 Å². The Labute approximate surface area is 75.4 Å². The molecule has 1 rings (SSSR count). The Bertz CT molecular complexity index is 209. The molecule has 56 valence electrons. The lowest BCUT2D eigenvalue weighted by Gasteiger charge is -1.91. The van der Waals surface area contributed by atoms with Gasteiger partial charge in [0.25, 0.3) is 0 Å². The van der Waals surface area contributed by atoms with E-state index >= 15 is 0 Å². The standard InChI is InChI=1S/C5H2BrF2N.BrH/c6-5-3(7)1-9-2-4(5)8;/h1-2H;1H. The molecule has 0 unspecified atom stereocenters. The van der Waals surface area contributed by atoms with Crippen LogP contribution in [0.2, 0.25) is 0 Å². The van der Waals surface area contributed by atoms with Crippen molar-refractivity contribution < 1.29 is 8.78 Å². The Morgan fingerprint density at radius 2 is 1.60 bits per heavy atom. The van der Waals surface area contributed by atoms with Crippen LogP contribution >= 0.6 is 32.9 Å². The van der Waals surface area contributed by atoms with Crippen molar-refractivity contribution in [2.24, 2.45) is 0 Å². The first-order valence-electron chi connectivity index (χ1n) is 2.16. The predicted octanol–water partition coefficient (Wildman–Crippen LogP) is 2.70. The van der Waals surface area contributed by atoms with Gasteiger partial charge in [0.2, 0.25) is 0 Å². The van der Waals surface area contributed by atoms with E-state index in [0.717, 1.165) is 12.4 Å². The van der Waals surface area contributed by atoms with Gasteiger partial charge < -0.3 is 0 Å². The Morgan fingerprint density at radius 3 is 1.90 bits per heavy atom. The third-order valence-electron chi connectivity index (χ3n) is 0.795. The van der Waals surface area contributed by atoms with Crippen molar-refractivity contribution in [3.05, 3.63) is 28.5 Å². The van der Waals surface area contributed by atoms with E-state index < -0.39 is 11.6 Å². The number of hydrogen-bond acceptors (Lipinski definition) is 1.